The molecule has 0 bridgehead atoms. The number of anilines is 1. The van der Waals surface area contributed by atoms with Gasteiger partial charge < -0.3 is 14.6 Å². The van der Waals surface area contributed by atoms with Crippen LogP contribution in [0.15, 0.2) is 66.2 Å². The largest absolute Gasteiger partial charge is 0.504 e. The predicted molar refractivity (Wildman–Crippen MR) is 186 cm³/mol. The van der Waals surface area contributed by atoms with E-state index in [1.54, 1.807) is 55.6 Å². The highest BCUT2D eigenvalue weighted by molar-refractivity contribution is 14.1. The number of likely N-dealkylation sites (tertiary alicyclic amines) is 1. The van der Waals surface area contributed by atoms with Crippen LogP contribution in [0.1, 0.15) is 29.9 Å². The maximum absolute atomic E-state index is 15.3. The smallest absolute Gasteiger partial charge is 0.260 e. The lowest BCUT2D eigenvalue weighted by Crippen LogP contribution is -2.53. The lowest BCUT2D eigenvalue weighted by molar-refractivity contribution is -0.140. The van der Waals surface area contributed by atoms with Gasteiger partial charge in [0.1, 0.15) is 5.75 Å². The Balaban J connectivity index is 1.50. The standard InChI is InChI=1S/C35H30Cl2IN3O7/c1-40-31(43)21-10-9-20-22(28(21)33(40)45)15-23-32(44)41(39-26-11-6-18(36)14-24(26)37)34(46)35(23,17-4-7-19(47-2)8-5-17)29(20)16-12-25(38)30(42)27(13-16)48-3/h4-9,11-14,21-23,28-29,39,42H,10,15H2,1-3H3. The number of hydrogen-bond acceptors (Lipinski definition) is 8. The first-order chi connectivity index (χ1) is 22.9. The molecule has 2 aliphatic heterocycles. The molecule has 10 nitrogen and oxygen atoms in total. The number of nitrogens with one attached hydrogen (secondary N) is 1. The molecule has 3 aromatic rings. The maximum atomic E-state index is 15.3. The summed E-state index contributed by atoms with van der Waals surface area (Å²) in [4.78, 5) is 58.1. The van der Waals surface area contributed by atoms with Gasteiger partial charge in [0.05, 0.1) is 51.7 Å². The number of carbonyl (C=O) groups is 4. The molecule has 1 saturated carbocycles. The summed E-state index contributed by atoms with van der Waals surface area (Å²) in [6.45, 7) is 0. The number of hydrogen-bond donors (Lipinski definition) is 2. The van der Waals surface area contributed by atoms with Gasteiger partial charge in [0.2, 0.25) is 11.8 Å². The SMILES string of the molecule is COc1ccc(C23C(=O)N(Nc4ccc(Cl)cc4Cl)C(=O)C2CC2C(=CCC4C(=O)N(C)C(=O)C42)C3c2cc(I)c(O)c(OC)c2)cc1. The minimum atomic E-state index is -1.52. The summed E-state index contributed by atoms with van der Waals surface area (Å²) < 4.78 is 11.5. The number of carbonyl (C=O) groups excluding carboxylic acids is 4. The van der Waals surface area contributed by atoms with E-state index < -0.39 is 46.8 Å². The van der Waals surface area contributed by atoms with Gasteiger partial charge in [-0.3, -0.25) is 29.5 Å². The van der Waals surface area contributed by atoms with E-state index in [4.69, 9.17) is 32.7 Å². The van der Waals surface area contributed by atoms with Crippen LogP contribution in [-0.2, 0) is 24.6 Å². The van der Waals surface area contributed by atoms with Crippen molar-refractivity contribution in [3.05, 3.63) is 91.0 Å². The summed E-state index contributed by atoms with van der Waals surface area (Å²) in [5.41, 5.74) is 3.73. The number of benzene rings is 3. The van der Waals surface area contributed by atoms with Crippen molar-refractivity contribution in [2.24, 2.45) is 23.7 Å². The summed E-state index contributed by atoms with van der Waals surface area (Å²) >= 11 is 14.7. The zero-order valence-corrected chi connectivity index (χ0v) is 29.7. The highest BCUT2D eigenvalue weighted by Gasteiger charge is 2.70. The van der Waals surface area contributed by atoms with Crippen LogP contribution in [0, 0.1) is 27.2 Å². The van der Waals surface area contributed by atoms with Gasteiger partial charge in [-0.25, -0.2) is 0 Å². The molecule has 48 heavy (non-hydrogen) atoms. The molecule has 4 aliphatic rings. The van der Waals surface area contributed by atoms with E-state index in [0.717, 1.165) is 10.6 Å². The fraction of sp³-hybridized carbons (Fsp3) is 0.314. The van der Waals surface area contributed by atoms with Gasteiger partial charge >= 0.3 is 0 Å². The number of fused-ring (bicyclic) bond motifs is 4. The van der Waals surface area contributed by atoms with E-state index in [0.29, 0.717) is 37.6 Å². The molecule has 13 heteroatoms. The monoisotopic (exact) mass is 801 g/mol. The molecule has 0 spiro atoms. The second-order valence-corrected chi connectivity index (χ2v) is 14.5. The highest BCUT2D eigenvalue weighted by Crippen LogP contribution is 2.64. The Kier molecular flexibility index (Phi) is 8.15. The normalized spacial score (nSPS) is 27.8. The fourth-order valence-corrected chi connectivity index (χ4v) is 9.37. The zero-order chi connectivity index (χ0) is 34.2. The van der Waals surface area contributed by atoms with Crippen LogP contribution < -0.4 is 14.9 Å². The second-order valence-electron chi connectivity index (χ2n) is 12.5. The number of imide groups is 2. The van der Waals surface area contributed by atoms with E-state index >= 15 is 4.79 Å². The van der Waals surface area contributed by atoms with Gasteiger partial charge in [-0.15, -0.1) is 0 Å². The van der Waals surface area contributed by atoms with Crippen LogP contribution in [0.2, 0.25) is 10.0 Å². The van der Waals surface area contributed by atoms with Crippen molar-refractivity contribution in [3.63, 3.8) is 0 Å². The van der Waals surface area contributed by atoms with Crippen molar-refractivity contribution in [3.8, 4) is 17.2 Å². The molecular weight excluding hydrogens is 772 g/mol. The molecule has 3 fully saturated rings. The Hall–Kier alpha value is -3.81. The Bertz CT molecular complexity index is 1940. The Morgan fingerprint density at radius 2 is 1.67 bits per heavy atom. The van der Waals surface area contributed by atoms with E-state index in [2.05, 4.69) is 5.43 Å². The zero-order valence-electron chi connectivity index (χ0n) is 26.0. The average molecular weight is 802 g/mol. The molecule has 7 rings (SSSR count). The first kappa shape index (κ1) is 32.7. The molecule has 4 amide bonds. The van der Waals surface area contributed by atoms with E-state index in [9.17, 15) is 19.5 Å². The first-order valence-corrected chi connectivity index (χ1v) is 17.1. The van der Waals surface area contributed by atoms with Crippen LogP contribution in [-0.4, -0.2) is 59.9 Å². The van der Waals surface area contributed by atoms with Crippen LogP contribution >= 0.6 is 45.8 Å². The molecule has 0 aromatic heterocycles. The summed E-state index contributed by atoms with van der Waals surface area (Å²) in [7, 11) is 4.47. The van der Waals surface area contributed by atoms with Crippen molar-refractivity contribution >= 4 is 75.1 Å². The Labute approximate surface area is 300 Å². The molecule has 2 heterocycles. The fourth-order valence-electron chi connectivity index (χ4n) is 8.29. The van der Waals surface area contributed by atoms with Gasteiger partial charge in [-0.1, -0.05) is 47.0 Å². The molecule has 6 unspecified atom stereocenters. The minimum Gasteiger partial charge on any atom is -0.504 e. The number of halogens is 3. The highest BCUT2D eigenvalue weighted by atomic mass is 127. The van der Waals surface area contributed by atoms with Crippen molar-refractivity contribution < 1.29 is 33.8 Å². The number of amides is 4. The molecule has 2 aliphatic carbocycles. The van der Waals surface area contributed by atoms with Crippen LogP contribution in [0.25, 0.3) is 0 Å². The quantitative estimate of drug-likeness (QED) is 0.179. The number of phenols is 1. The second kappa shape index (κ2) is 12.0. The van der Waals surface area contributed by atoms with Gasteiger partial charge in [0.15, 0.2) is 11.5 Å². The third-order valence-electron chi connectivity index (χ3n) is 10.4. The van der Waals surface area contributed by atoms with Crippen molar-refractivity contribution in [1.82, 2.24) is 9.91 Å². The number of rotatable bonds is 6. The molecular formula is C35H30Cl2IN3O7. The first-order valence-electron chi connectivity index (χ1n) is 15.3. The predicted octanol–water partition coefficient (Wildman–Crippen LogP) is 5.94. The van der Waals surface area contributed by atoms with Gasteiger partial charge in [0.25, 0.3) is 11.8 Å². The van der Waals surface area contributed by atoms with Gasteiger partial charge in [0, 0.05) is 18.0 Å². The lowest BCUT2D eigenvalue weighted by atomic mass is 9.49. The Morgan fingerprint density at radius 3 is 2.33 bits per heavy atom. The molecule has 2 saturated heterocycles. The molecule has 6 atom stereocenters. The molecule has 0 radical (unpaired) electrons. The van der Waals surface area contributed by atoms with Crippen molar-refractivity contribution in [2.45, 2.75) is 24.2 Å². The van der Waals surface area contributed by atoms with E-state index in [-0.39, 0.29) is 34.8 Å². The maximum Gasteiger partial charge on any atom is 0.260 e. The van der Waals surface area contributed by atoms with Crippen LogP contribution in [0.4, 0.5) is 5.69 Å². The van der Waals surface area contributed by atoms with Gasteiger partial charge in [-0.05, 0) is 94.9 Å². The van der Waals surface area contributed by atoms with Crippen LogP contribution in [0.3, 0.4) is 0 Å². The number of nitrogens with zero attached hydrogens (tertiary/aromatic N) is 2. The van der Waals surface area contributed by atoms with Crippen molar-refractivity contribution in [2.75, 3.05) is 26.7 Å². The van der Waals surface area contributed by atoms with E-state index in [1.165, 1.54) is 25.1 Å². The number of phenolic OH excluding ortho intramolecular Hbond substituents is 1. The van der Waals surface area contributed by atoms with Crippen LogP contribution in [0.5, 0.6) is 17.2 Å². The summed E-state index contributed by atoms with van der Waals surface area (Å²) in [6.07, 6.45) is 2.42. The molecule has 3 aromatic carbocycles. The molecule has 2 N–H and O–H groups in total. The Morgan fingerprint density at radius 1 is 0.938 bits per heavy atom. The third kappa shape index (κ3) is 4.64. The van der Waals surface area contributed by atoms with E-state index in [1.807, 2.05) is 28.7 Å². The number of hydrazine groups is 1. The minimum absolute atomic E-state index is 0.0605. The average Bonchev–Trinajstić information content (AvgIpc) is 3.43. The number of ether oxygens (including phenoxy) is 2. The summed E-state index contributed by atoms with van der Waals surface area (Å²) in [5, 5.41) is 12.4. The third-order valence-corrected chi connectivity index (χ3v) is 11.8. The van der Waals surface area contributed by atoms with Crippen molar-refractivity contribution in [1.29, 1.82) is 0 Å². The number of aromatic hydroxyl groups is 1. The number of methoxy groups -OCH3 is 2. The lowest BCUT2D eigenvalue weighted by Gasteiger charge is -2.50. The summed E-state index contributed by atoms with van der Waals surface area (Å²) in [6, 6.07) is 15.2. The topological polar surface area (TPSA) is 125 Å². The molecule has 248 valence electrons. The van der Waals surface area contributed by atoms with Gasteiger partial charge in [-0.2, -0.15) is 5.01 Å². The number of allylic oxidation sites excluding steroid dienone is 2. The summed E-state index contributed by atoms with van der Waals surface area (Å²) in [5.74, 6) is -4.39.